The van der Waals surface area contributed by atoms with Gasteiger partial charge in [-0.05, 0) is 43.3 Å². The Morgan fingerprint density at radius 1 is 1.03 bits per heavy atom. The van der Waals surface area contributed by atoms with E-state index in [9.17, 15) is 4.79 Å². The summed E-state index contributed by atoms with van der Waals surface area (Å²) in [6.45, 7) is 6.61. The summed E-state index contributed by atoms with van der Waals surface area (Å²) in [7, 11) is 0. The molecule has 0 unspecified atom stereocenters. The minimum absolute atomic E-state index is 0.0304. The molecule has 1 saturated heterocycles. The molecule has 1 aliphatic heterocycles. The molecule has 1 fully saturated rings. The van der Waals surface area contributed by atoms with E-state index in [1.54, 1.807) is 0 Å². The molecule has 3 heterocycles. The van der Waals surface area contributed by atoms with Crippen molar-refractivity contribution in [2.75, 3.05) is 39.3 Å². The number of piperazine rings is 1. The van der Waals surface area contributed by atoms with E-state index >= 15 is 0 Å². The number of hydrogen-bond donors (Lipinski definition) is 2. The van der Waals surface area contributed by atoms with Crippen molar-refractivity contribution in [1.29, 1.82) is 0 Å². The van der Waals surface area contributed by atoms with Gasteiger partial charge in [0.05, 0.1) is 11.0 Å². The Kier molecular flexibility index (Phi) is 4.88. The Morgan fingerprint density at radius 3 is 2.70 bits per heavy atom. The molecule has 2 aromatic carbocycles. The summed E-state index contributed by atoms with van der Waals surface area (Å²) in [5.41, 5.74) is 4.00. The molecule has 7 heteroatoms. The van der Waals surface area contributed by atoms with Crippen LogP contribution in [-0.4, -0.2) is 70.0 Å². The maximum atomic E-state index is 12.8. The zero-order valence-corrected chi connectivity index (χ0v) is 17.0. The van der Waals surface area contributed by atoms with Gasteiger partial charge in [-0.15, -0.1) is 0 Å². The van der Waals surface area contributed by atoms with Crippen molar-refractivity contribution < 1.29 is 9.53 Å². The van der Waals surface area contributed by atoms with Crippen LogP contribution < -0.4 is 4.74 Å². The molecule has 0 aliphatic carbocycles. The SMILES string of the molecule is Cc1cc2cc(OCCN3CCN(C(=O)c4nc5ccccc5[nH]4)CC3)ccc2[nH]1. The summed E-state index contributed by atoms with van der Waals surface area (Å²) in [5.74, 6) is 1.28. The Bertz CT molecular complexity index is 1150. The topological polar surface area (TPSA) is 77.2 Å². The quantitative estimate of drug-likeness (QED) is 0.537. The van der Waals surface area contributed by atoms with E-state index in [0.717, 1.165) is 47.6 Å². The van der Waals surface area contributed by atoms with E-state index < -0.39 is 0 Å². The second kappa shape index (κ2) is 7.84. The number of aromatic nitrogens is 3. The Balaban J connectivity index is 1.11. The highest BCUT2D eigenvalue weighted by atomic mass is 16.5. The van der Waals surface area contributed by atoms with Crippen molar-refractivity contribution >= 4 is 27.8 Å². The number of aryl methyl sites for hydroxylation is 1. The molecular formula is C23H25N5O2. The summed E-state index contributed by atoms with van der Waals surface area (Å²) >= 11 is 0. The number of H-pyrrole nitrogens is 2. The molecule has 1 amide bonds. The van der Waals surface area contributed by atoms with Crippen LogP contribution in [-0.2, 0) is 0 Å². The highest BCUT2D eigenvalue weighted by molar-refractivity contribution is 5.94. The molecular weight excluding hydrogens is 378 g/mol. The van der Waals surface area contributed by atoms with Crippen LogP contribution in [0.5, 0.6) is 5.75 Å². The number of ether oxygens (including phenoxy) is 1. The number of amides is 1. The molecule has 0 spiro atoms. The smallest absolute Gasteiger partial charge is 0.289 e. The van der Waals surface area contributed by atoms with E-state index in [1.165, 1.54) is 5.39 Å². The summed E-state index contributed by atoms with van der Waals surface area (Å²) in [6.07, 6.45) is 0. The molecule has 2 N–H and O–H groups in total. The van der Waals surface area contributed by atoms with Crippen molar-refractivity contribution in [2.45, 2.75) is 6.92 Å². The van der Waals surface area contributed by atoms with Gasteiger partial charge in [-0.2, -0.15) is 0 Å². The van der Waals surface area contributed by atoms with E-state index in [4.69, 9.17) is 4.74 Å². The van der Waals surface area contributed by atoms with Crippen LogP contribution in [0.15, 0.2) is 48.5 Å². The molecule has 0 radical (unpaired) electrons. The molecule has 0 bridgehead atoms. The van der Waals surface area contributed by atoms with Crippen LogP contribution in [0.3, 0.4) is 0 Å². The summed E-state index contributed by atoms with van der Waals surface area (Å²) < 4.78 is 5.95. The predicted molar refractivity (Wildman–Crippen MR) is 117 cm³/mol. The zero-order valence-electron chi connectivity index (χ0n) is 17.0. The highest BCUT2D eigenvalue weighted by Crippen LogP contribution is 2.21. The van der Waals surface area contributed by atoms with Crippen LogP contribution >= 0.6 is 0 Å². The maximum Gasteiger partial charge on any atom is 0.289 e. The lowest BCUT2D eigenvalue weighted by atomic mass is 10.2. The largest absolute Gasteiger partial charge is 0.492 e. The first-order chi connectivity index (χ1) is 14.7. The van der Waals surface area contributed by atoms with Gasteiger partial charge in [-0.25, -0.2) is 4.98 Å². The van der Waals surface area contributed by atoms with Gasteiger partial charge in [0.25, 0.3) is 5.91 Å². The summed E-state index contributed by atoms with van der Waals surface area (Å²) in [5, 5.41) is 1.17. The normalized spacial score (nSPS) is 15.2. The van der Waals surface area contributed by atoms with Crippen LogP contribution in [0, 0.1) is 6.92 Å². The third kappa shape index (κ3) is 3.76. The minimum Gasteiger partial charge on any atom is -0.492 e. The Morgan fingerprint density at radius 2 is 1.87 bits per heavy atom. The van der Waals surface area contributed by atoms with Gasteiger partial charge >= 0.3 is 0 Å². The van der Waals surface area contributed by atoms with Crippen molar-refractivity contribution in [2.24, 2.45) is 0 Å². The molecule has 0 atom stereocenters. The maximum absolute atomic E-state index is 12.8. The first-order valence-corrected chi connectivity index (χ1v) is 10.3. The first kappa shape index (κ1) is 18.7. The number of para-hydroxylation sites is 2. The van der Waals surface area contributed by atoms with E-state index in [1.807, 2.05) is 35.2 Å². The molecule has 2 aromatic heterocycles. The van der Waals surface area contributed by atoms with E-state index in [-0.39, 0.29) is 5.91 Å². The fraction of sp³-hybridized carbons (Fsp3) is 0.304. The monoisotopic (exact) mass is 403 g/mol. The lowest BCUT2D eigenvalue weighted by Gasteiger charge is -2.34. The van der Waals surface area contributed by atoms with Gasteiger partial charge in [0.15, 0.2) is 5.82 Å². The molecule has 7 nitrogen and oxygen atoms in total. The zero-order chi connectivity index (χ0) is 20.5. The lowest BCUT2D eigenvalue weighted by Crippen LogP contribution is -2.49. The standard InChI is InChI=1S/C23H25N5O2/c1-16-14-17-15-18(6-7-19(17)24-16)30-13-12-27-8-10-28(11-9-27)23(29)22-25-20-4-2-3-5-21(20)26-22/h2-7,14-15,24H,8-13H2,1H3,(H,25,26). The van der Waals surface area contributed by atoms with Crippen LogP contribution in [0.4, 0.5) is 0 Å². The summed E-state index contributed by atoms with van der Waals surface area (Å²) in [6, 6.07) is 16.0. The van der Waals surface area contributed by atoms with Crippen LogP contribution in [0.25, 0.3) is 21.9 Å². The van der Waals surface area contributed by atoms with Gasteiger partial charge in [-0.1, -0.05) is 12.1 Å². The molecule has 4 aromatic rings. The fourth-order valence-corrected chi connectivity index (χ4v) is 4.02. The van der Waals surface area contributed by atoms with E-state index in [0.29, 0.717) is 25.5 Å². The molecule has 154 valence electrons. The highest BCUT2D eigenvalue weighted by Gasteiger charge is 2.24. The van der Waals surface area contributed by atoms with E-state index in [2.05, 4.69) is 45.0 Å². The molecule has 0 saturated carbocycles. The van der Waals surface area contributed by atoms with Gasteiger partial charge in [-0.3, -0.25) is 9.69 Å². The lowest BCUT2D eigenvalue weighted by molar-refractivity contribution is 0.0610. The second-order valence-corrected chi connectivity index (χ2v) is 7.79. The van der Waals surface area contributed by atoms with Crippen LogP contribution in [0.1, 0.15) is 16.3 Å². The van der Waals surface area contributed by atoms with Gasteiger partial charge in [0.2, 0.25) is 0 Å². The van der Waals surface area contributed by atoms with Gasteiger partial charge in [0.1, 0.15) is 12.4 Å². The minimum atomic E-state index is -0.0304. The average molecular weight is 403 g/mol. The van der Waals surface area contributed by atoms with Gasteiger partial charge in [0, 0.05) is 49.3 Å². The van der Waals surface area contributed by atoms with Crippen LogP contribution in [0.2, 0.25) is 0 Å². The third-order valence-corrected chi connectivity index (χ3v) is 5.65. The van der Waals surface area contributed by atoms with Crippen molar-refractivity contribution in [3.05, 3.63) is 60.0 Å². The second-order valence-electron chi connectivity index (χ2n) is 7.79. The third-order valence-electron chi connectivity index (χ3n) is 5.65. The van der Waals surface area contributed by atoms with Crippen molar-refractivity contribution in [3.8, 4) is 5.75 Å². The van der Waals surface area contributed by atoms with Crippen molar-refractivity contribution in [3.63, 3.8) is 0 Å². The fourth-order valence-electron chi connectivity index (χ4n) is 4.02. The number of benzene rings is 2. The number of imidazole rings is 1. The molecule has 1 aliphatic rings. The average Bonchev–Trinajstić information content (AvgIpc) is 3.36. The first-order valence-electron chi connectivity index (χ1n) is 10.3. The number of aromatic amines is 2. The molecule has 5 rings (SSSR count). The van der Waals surface area contributed by atoms with Gasteiger partial charge < -0.3 is 19.6 Å². The number of carbonyl (C=O) groups excluding carboxylic acids is 1. The number of nitrogens with one attached hydrogen (secondary N) is 2. The number of carbonyl (C=O) groups is 1. The number of hydrogen-bond acceptors (Lipinski definition) is 4. The number of rotatable bonds is 5. The van der Waals surface area contributed by atoms with Crippen molar-refractivity contribution in [1.82, 2.24) is 24.8 Å². The number of nitrogens with zero attached hydrogens (tertiary/aromatic N) is 3. The summed E-state index contributed by atoms with van der Waals surface area (Å²) in [4.78, 5) is 27.9. The Hall–Kier alpha value is -3.32. The number of fused-ring (bicyclic) bond motifs is 2. The molecule has 30 heavy (non-hydrogen) atoms. The Labute approximate surface area is 174 Å². The predicted octanol–water partition coefficient (Wildman–Crippen LogP) is 3.19.